The van der Waals surface area contributed by atoms with Crippen LogP contribution in [0, 0.1) is 11.3 Å². The van der Waals surface area contributed by atoms with Gasteiger partial charge in [0.25, 0.3) is 5.91 Å². The van der Waals surface area contributed by atoms with Crippen molar-refractivity contribution in [2.75, 3.05) is 25.3 Å². The molecule has 1 heterocycles. The molecule has 11 heteroatoms. The Morgan fingerprint density at radius 3 is 2.27 bits per heavy atom. The van der Waals surface area contributed by atoms with Crippen molar-refractivity contribution >= 4 is 42.4 Å². The molecule has 0 aliphatic carbocycles. The van der Waals surface area contributed by atoms with Crippen molar-refractivity contribution in [2.45, 2.75) is 17.9 Å². The van der Waals surface area contributed by atoms with Crippen molar-refractivity contribution in [1.29, 1.82) is 5.26 Å². The molecule has 9 nitrogen and oxygen atoms in total. The molecule has 1 aromatic heterocycles. The quantitative estimate of drug-likeness (QED) is 0.324. The average molecular weight is 538 g/mol. The predicted molar refractivity (Wildman–Crippen MR) is 140 cm³/mol. The first-order valence-electron chi connectivity index (χ1n) is 11.1. The number of anilines is 1. The third kappa shape index (κ3) is 5.50. The number of amides is 1. The molecule has 0 aliphatic heterocycles. The lowest BCUT2D eigenvalue weighted by Crippen LogP contribution is -2.25. The van der Waals surface area contributed by atoms with Crippen molar-refractivity contribution in [3.8, 4) is 23.3 Å². The molecule has 0 bridgehead atoms. The maximum Gasteiger partial charge on any atom is 0.271 e. The lowest BCUT2D eigenvalue weighted by Gasteiger charge is -2.19. The van der Waals surface area contributed by atoms with E-state index >= 15 is 0 Å². The lowest BCUT2D eigenvalue weighted by atomic mass is 10.1. The smallest absolute Gasteiger partial charge is 0.271 e. The van der Waals surface area contributed by atoms with Gasteiger partial charge in [0.1, 0.15) is 27.5 Å². The molecule has 1 N–H and O–H groups in total. The maximum absolute atomic E-state index is 13.5. The van der Waals surface area contributed by atoms with E-state index in [-0.39, 0.29) is 10.6 Å². The number of hydrogen-bond donors (Lipinski definition) is 1. The Balaban J connectivity index is 1.69. The van der Waals surface area contributed by atoms with Crippen LogP contribution in [0.3, 0.4) is 0 Å². The van der Waals surface area contributed by atoms with Crippen LogP contribution in [0.25, 0.3) is 10.2 Å². The number of methoxy groups -OCH3 is 2. The van der Waals surface area contributed by atoms with E-state index < -0.39 is 21.8 Å². The molecule has 0 radical (unpaired) electrons. The van der Waals surface area contributed by atoms with Gasteiger partial charge >= 0.3 is 0 Å². The van der Waals surface area contributed by atoms with E-state index in [1.165, 1.54) is 30.6 Å². The number of benzene rings is 3. The summed E-state index contributed by atoms with van der Waals surface area (Å²) < 4.78 is 42.0. The van der Waals surface area contributed by atoms with Crippen LogP contribution >= 0.6 is 11.3 Å². The van der Waals surface area contributed by atoms with Gasteiger partial charge in [0, 0.05) is 5.56 Å². The number of thiazole rings is 1. The van der Waals surface area contributed by atoms with Gasteiger partial charge in [0.15, 0.2) is 15.0 Å². The minimum atomic E-state index is -3.41. The fourth-order valence-corrected chi connectivity index (χ4v) is 5.40. The number of nitrogens with zero attached hydrogens (tertiary/aromatic N) is 2. The number of hydrogen-bond acceptors (Lipinski definition) is 9. The van der Waals surface area contributed by atoms with Crippen LogP contribution in [-0.2, 0) is 14.6 Å². The number of ether oxygens (including phenoxy) is 3. The summed E-state index contributed by atoms with van der Waals surface area (Å²) in [7, 11) is -0.333. The molecule has 0 aliphatic rings. The van der Waals surface area contributed by atoms with E-state index in [9.17, 15) is 13.2 Å². The number of aromatic nitrogens is 1. The summed E-state index contributed by atoms with van der Waals surface area (Å²) in [6, 6.07) is 17.8. The fourth-order valence-electron chi connectivity index (χ4n) is 3.54. The molecule has 0 spiro atoms. The lowest BCUT2D eigenvalue weighted by molar-refractivity contribution is -0.123. The highest BCUT2D eigenvalue weighted by molar-refractivity contribution is 7.91. The number of nitrogens with one attached hydrogen (secondary N) is 1. The fraction of sp³-hybridized carbons (Fsp3) is 0.192. The van der Waals surface area contributed by atoms with E-state index in [1.807, 2.05) is 6.07 Å². The minimum absolute atomic E-state index is 0.0392. The summed E-state index contributed by atoms with van der Waals surface area (Å²) in [5.41, 5.74) is 1.42. The second-order valence-electron chi connectivity index (χ2n) is 7.76. The predicted octanol–water partition coefficient (Wildman–Crippen LogP) is 4.74. The van der Waals surface area contributed by atoms with Crippen LogP contribution in [-0.4, -0.2) is 39.3 Å². The van der Waals surface area contributed by atoms with Gasteiger partial charge in [0.05, 0.1) is 36.5 Å². The second-order valence-corrected chi connectivity index (χ2v) is 11.0. The number of rotatable bonds is 9. The third-order valence-corrected chi connectivity index (χ3v) is 8.27. The number of sulfone groups is 1. The van der Waals surface area contributed by atoms with E-state index in [1.54, 1.807) is 62.6 Å². The Morgan fingerprint density at radius 2 is 1.68 bits per heavy atom. The van der Waals surface area contributed by atoms with Crippen molar-refractivity contribution in [2.24, 2.45) is 0 Å². The van der Waals surface area contributed by atoms with Crippen molar-refractivity contribution in [3.63, 3.8) is 0 Å². The topological polar surface area (TPSA) is 128 Å². The van der Waals surface area contributed by atoms with E-state index in [4.69, 9.17) is 19.5 Å². The van der Waals surface area contributed by atoms with Gasteiger partial charge in [-0.05, 0) is 48.5 Å². The standard InChI is InChI=1S/C26H23N3O6S2/c1-4-37(31,32)19-11-7-17(8-12-19)23(35-18-9-5-16(15-27)6-10-18)25(30)29-26-28-22-20(33-2)13-14-21(34-3)24(22)36-26/h5-14,23H,4H2,1-3H3,(H,28,29,30). The number of carbonyl (C=O) groups is 1. The molecule has 1 unspecified atom stereocenters. The van der Waals surface area contributed by atoms with Gasteiger partial charge in [-0.15, -0.1) is 0 Å². The van der Waals surface area contributed by atoms with Gasteiger partial charge in [-0.25, -0.2) is 13.4 Å². The van der Waals surface area contributed by atoms with Crippen molar-refractivity contribution < 1.29 is 27.4 Å². The second kappa shape index (κ2) is 10.9. The Hall–Kier alpha value is -4.14. The molecule has 3 aromatic carbocycles. The monoisotopic (exact) mass is 537 g/mol. The molecule has 1 atom stereocenters. The van der Waals surface area contributed by atoms with Gasteiger partial charge in [-0.2, -0.15) is 5.26 Å². The Morgan fingerprint density at radius 1 is 1.03 bits per heavy atom. The Bertz CT molecular complexity index is 1530. The normalized spacial score (nSPS) is 11.9. The molecular weight excluding hydrogens is 514 g/mol. The van der Waals surface area contributed by atoms with Gasteiger partial charge in [0.2, 0.25) is 6.10 Å². The summed E-state index contributed by atoms with van der Waals surface area (Å²) in [4.78, 5) is 18.1. The summed E-state index contributed by atoms with van der Waals surface area (Å²) in [6.45, 7) is 1.56. The van der Waals surface area contributed by atoms with Crippen LogP contribution < -0.4 is 19.5 Å². The average Bonchev–Trinajstić information content (AvgIpc) is 3.35. The van der Waals surface area contributed by atoms with Gasteiger partial charge in [-0.1, -0.05) is 30.4 Å². The highest BCUT2D eigenvalue weighted by Crippen LogP contribution is 2.39. The van der Waals surface area contributed by atoms with Crippen LogP contribution in [0.2, 0.25) is 0 Å². The molecule has 190 valence electrons. The van der Waals surface area contributed by atoms with E-state index in [0.29, 0.717) is 43.7 Å². The van der Waals surface area contributed by atoms with Gasteiger partial charge < -0.3 is 14.2 Å². The molecule has 0 saturated heterocycles. The van der Waals surface area contributed by atoms with Crippen LogP contribution in [0.4, 0.5) is 5.13 Å². The van der Waals surface area contributed by atoms with Gasteiger partial charge in [-0.3, -0.25) is 10.1 Å². The first kappa shape index (κ1) is 25.9. The highest BCUT2D eigenvalue weighted by Gasteiger charge is 2.26. The zero-order valence-electron chi connectivity index (χ0n) is 20.2. The van der Waals surface area contributed by atoms with Crippen molar-refractivity contribution in [3.05, 3.63) is 71.8 Å². The summed E-state index contributed by atoms with van der Waals surface area (Å²) in [5, 5.41) is 12.2. The third-order valence-electron chi connectivity index (χ3n) is 5.54. The van der Waals surface area contributed by atoms with E-state index in [2.05, 4.69) is 10.3 Å². The molecule has 1 amide bonds. The van der Waals surface area contributed by atoms with E-state index in [0.717, 1.165) is 0 Å². The Kier molecular flexibility index (Phi) is 7.61. The first-order chi connectivity index (χ1) is 17.8. The van der Waals surface area contributed by atoms with Crippen LogP contribution in [0.15, 0.2) is 65.6 Å². The van der Waals surface area contributed by atoms with Crippen molar-refractivity contribution in [1.82, 2.24) is 4.98 Å². The minimum Gasteiger partial charge on any atom is -0.495 e. The molecule has 4 rings (SSSR count). The SMILES string of the molecule is CCS(=O)(=O)c1ccc(C(Oc2ccc(C#N)cc2)C(=O)Nc2nc3c(OC)ccc(OC)c3s2)cc1. The molecule has 4 aromatic rings. The number of nitriles is 1. The van der Waals surface area contributed by atoms with Crippen LogP contribution in [0.1, 0.15) is 24.2 Å². The molecule has 37 heavy (non-hydrogen) atoms. The van der Waals surface area contributed by atoms with Crippen LogP contribution in [0.5, 0.6) is 17.2 Å². The summed E-state index contributed by atoms with van der Waals surface area (Å²) in [6.07, 6.45) is -1.14. The molecular formula is C26H23N3O6S2. The first-order valence-corrected chi connectivity index (χ1v) is 13.6. The summed E-state index contributed by atoms with van der Waals surface area (Å²) in [5.74, 6) is 0.921. The highest BCUT2D eigenvalue weighted by atomic mass is 32.2. The molecule has 0 saturated carbocycles. The molecule has 0 fully saturated rings. The Labute approximate surface area is 218 Å². The maximum atomic E-state index is 13.5. The largest absolute Gasteiger partial charge is 0.495 e. The number of carbonyl (C=O) groups excluding carboxylic acids is 1. The summed E-state index contributed by atoms with van der Waals surface area (Å²) >= 11 is 1.22. The zero-order valence-corrected chi connectivity index (χ0v) is 21.9. The zero-order chi connectivity index (χ0) is 26.6. The number of fused-ring (bicyclic) bond motifs is 1.